The van der Waals surface area contributed by atoms with E-state index in [0.29, 0.717) is 19.4 Å². The maximum absolute atomic E-state index is 12.5. The lowest BCUT2D eigenvalue weighted by Crippen LogP contribution is -2.24. The minimum absolute atomic E-state index is 0.148. The molecule has 0 fully saturated rings. The van der Waals surface area contributed by atoms with E-state index in [2.05, 4.69) is 5.32 Å². The lowest BCUT2D eigenvalue weighted by atomic mass is 10.0. The van der Waals surface area contributed by atoms with Crippen molar-refractivity contribution in [3.05, 3.63) is 29.8 Å². The molecule has 0 saturated carbocycles. The summed E-state index contributed by atoms with van der Waals surface area (Å²) in [4.78, 5) is 11.8. The highest BCUT2D eigenvalue weighted by Gasteiger charge is 2.30. The molecule has 0 radical (unpaired) electrons. The summed E-state index contributed by atoms with van der Waals surface area (Å²) in [5, 5.41) is 2.50. The lowest BCUT2D eigenvalue weighted by molar-refractivity contribution is -0.137. The molecule has 1 aromatic carbocycles. The van der Waals surface area contributed by atoms with Gasteiger partial charge in [0.15, 0.2) is 0 Å². The van der Waals surface area contributed by atoms with Crippen LogP contribution in [-0.2, 0) is 11.0 Å². The average Bonchev–Trinajstić information content (AvgIpc) is 2.35. The van der Waals surface area contributed by atoms with E-state index >= 15 is 0 Å². The number of amides is 1. The van der Waals surface area contributed by atoms with Gasteiger partial charge in [0.2, 0.25) is 5.91 Å². The molecule has 0 saturated heterocycles. The standard InChI is InChI=1S/C13H17F3N2O/c1-2-9(6-7-17)12(19)18-11-5-3-4-10(8-11)13(14,15)16/h3-5,8-9H,2,6-7,17H2,1H3,(H,18,19). The van der Waals surface area contributed by atoms with E-state index in [1.54, 1.807) is 0 Å². The van der Waals surface area contributed by atoms with Crippen LogP contribution < -0.4 is 11.1 Å². The van der Waals surface area contributed by atoms with Crippen molar-refractivity contribution in [3.8, 4) is 0 Å². The van der Waals surface area contributed by atoms with Gasteiger partial charge in [-0.1, -0.05) is 13.0 Å². The van der Waals surface area contributed by atoms with Crippen molar-refractivity contribution in [1.29, 1.82) is 0 Å². The number of benzene rings is 1. The fourth-order valence-electron chi connectivity index (χ4n) is 1.74. The van der Waals surface area contributed by atoms with Crippen molar-refractivity contribution >= 4 is 11.6 Å². The average molecular weight is 274 g/mol. The van der Waals surface area contributed by atoms with Gasteiger partial charge in [-0.15, -0.1) is 0 Å². The molecule has 0 aromatic heterocycles. The first kappa shape index (κ1) is 15.5. The van der Waals surface area contributed by atoms with Crippen molar-refractivity contribution in [1.82, 2.24) is 0 Å². The number of hydrogen-bond donors (Lipinski definition) is 2. The number of alkyl halides is 3. The van der Waals surface area contributed by atoms with E-state index in [4.69, 9.17) is 5.73 Å². The molecule has 0 aliphatic rings. The van der Waals surface area contributed by atoms with Gasteiger partial charge in [0.05, 0.1) is 5.56 Å². The Bertz CT molecular complexity index is 432. The van der Waals surface area contributed by atoms with Gasteiger partial charge in [0, 0.05) is 11.6 Å². The highest BCUT2D eigenvalue weighted by molar-refractivity contribution is 5.92. The third-order valence-corrected chi connectivity index (χ3v) is 2.84. The number of carbonyl (C=O) groups excluding carboxylic acids is 1. The van der Waals surface area contributed by atoms with Gasteiger partial charge in [0.25, 0.3) is 0 Å². The molecule has 0 aliphatic heterocycles. The molecule has 6 heteroatoms. The second kappa shape index (κ2) is 6.56. The van der Waals surface area contributed by atoms with Gasteiger partial charge in [-0.25, -0.2) is 0 Å². The van der Waals surface area contributed by atoms with Gasteiger partial charge in [-0.2, -0.15) is 13.2 Å². The van der Waals surface area contributed by atoms with E-state index in [0.717, 1.165) is 12.1 Å². The van der Waals surface area contributed by atoms with E-state index < -0.39 is 11.7 Å². The monoisotopic (exact) mass is 274 g/mol. The maximum Gasteiger partial charge on any atom is 0.416 e. The number of halogens is 3. The van der Waals surface area contributed by atoms with Crippen LogP contribution in [0, 0.1) is 5.92 Å². The third-order valence-electron chi connectivity index (χ3n) is 2.84. The molecular weight excluding hydrogens is 257 g/mol. The Morgan fingerprint density at radius 2 is 2.11 bits per heavy atom. The Balaban J connectivity index is 2.79. The minimum atomic E-state index is -4.41. The highest BCUT2D eigenvalue weighted by atomic mass is 19.4. The zero-order valence-corrected chi connectivity index (χ0v) is 10.6. The van der Waals surface area contributed by atoms with Crippen LogP contribution in [0.15, 0.2) is 24.3 Å². The van der Waals surface area contributed by atoms with Crippen LogP contribution in [0.25, 0.3) is 0 Å². The number of hydrogen-bond acceptors (Lipinski definition) is 2. The summed E-state index contributed by atoms with van der Waals surface area (Å²) in [5.74, 6) is -0.577. The molecule has 19 heavy (non-hydrogen) atoms. The molecule has 106 valence electrons. The van der Waals surface area contributed by atoms with Crippen molar-refractivity contribution in [2.45, 2.75) is 25.9 Å². The fourth-order valence-corrected chi connectivity index (χ4v) is 1.74. The molecular formula is C13H17F3N2O. The van der Waals surface area contributed by atoms with Crippen molar-refractivity contribution in [2.75, 3.05) is 11.9 Å². The fraction of sp³-hybridized carbons (Fsp3) is 0.462. The Morgan fingerprint density at radius 1 is 1.42 bits per heavy atom. The number of rotatable bonds is 5. The summed E-state index contributed by atoms with van der Waals surface area (Å²) in [6.07, 6.45) is -3.30. The van der Waals surface area contributed by atoms with Gasteiger partial charge in [0.1, 0.15) is 0 Å². The van der Waals surface area contributed by atoms with Gasteiger partial charge < -0.3 is 11.1 Å². The molecule has 0 heterocycles. The van der Waals surface area contributed by atoms with Crippen LogP contribution in [0.4, 0.5) is 18.9 Å². The summed E-state index contributed by atoms with van der Waals surface area (Å²) in [6, 6.07) is 4.59. The summed E-state index contributed by atoms with van der Waals surface area (Å²) in [7, 11) is 0. The summed E-state index contributed by atoms with van der Waals surface area (Å²) in [6.45, 7) is 2.21. The Morgan fingerprint density at radius 3 is 2.63 bits per heavy atom. The van der Waals surface area contributed by atoms with E-state index in [-0.39, 0.29) is 17.5 Å². The van der Waals surface area contributed by atoms with Crippen LogP contribution in [0.2, 0.25) is 0 Å². The van der Waals surface area contributed by atoms with Crippen LogP contribution in [0.3, 0.4) is 0 Å². The van der Waals surface area contributed by atoms with Crippen LogP contribution in [-0.4, -0.2) is 12.5 Å². The predicted octanol–water partition coefficient (Wildman–Crippen LogP) is 3.02. The Kier molecular flexibility index (Phi) is 5.35. The van der Waals surface area contributed by atoms with E-state index in [1.807, 2.05) is 6.92 Å². The first-order valence-corrected chi connectivity index (χ1v) is 6.06. The molecule has 3 N–H and O–H groups in total. The van der Waals surface area contributed by atoms with Crippen molar-refractivity contribution in [2.24, 2.45) is 11.7 Å². The predicted molar refractivity (Wildman–Crippen MR) is 67.5 cm³/mol. The lowest BCUT2D eigenvalue weighted by Gasteiger charge is -2.15. The topological polar surface area (TPSA) is 55.1 Å². The second-order valence-corrected chi connectivity index (χ2v) is 4.25. The quantitative estimate of drug-likeness (QED) is 0.867. The molecule has 1 aromatic rings. The summed E-state index contributed by atoms with van der Waals surface area (Å²) in [5.41, 5.74) is 4.76. The highest BCUT2D eigenvalue weighted by Crippen LogP contribution is 2.30. The molecule has 1 amide bonds. The van der Waals surface area contributed by atoms with Gasteiger partial charge in [-0.05, 0) is 37.6 Å². The minimum Gasteiger partial charge on any atom is -0.330 e. The van der Waals surface area contributed by atoms with Crippen LogP contribution >= 0.6 is 0 Å². The smallest absolute Gasteiger partial charge is 0.330 e. The number of anilines is 1. The molecule has 0 aliphatic carbocycles. The Hall–Kier alpha value is -1.56. The van der Waals surface area contributed by atoms with Gasteiger partial charge in [-0.3, -0.25) is 4.79 Å². The number of nitrogens with one attached hydrogen (secondary N) is 1. The zero-order chi connectivity index (χ0) is 14.5. The summed E-state index contributed by atoms with van der Waals surface area (Å²) < 4.78 is 37.6. The number of carbonyl (C=O) groups is 1. The zero-order valence-electron chi connectivity index (χ0n) is 10.6. The molecule has 1 unspecified atom stereocenters. The first-order chi connectivity index (χ1) is 8.88. The molecule has 3 nitrogen and oxygen atoms in total. The van der Waals surface area contributed by atoms with Crippen molar-refractivity contribution < 1.29 is 18.0 Å². The van der Waals surface area contributed by atoms with E-state index in [9.17, 15) is 18.0 Å². The van der Waals surface area contributed by atoms with E-state index in [1.165, 1.54) is 12.1 Å². The molecule has 0 bridgehead atoms. The molecule has 1 atom stereocenters. The largest absolute Gasteiger partial charge is 0.416 e. The maximum atomic E-state index is 12.5. The third kappa shape index (κ3) is 4.55. The molecule has 1 rings (SSSR count). The molecule has 0 spiro atoms. The van der Waals surface area contributed by atoms with Gasteiger partial charge >= 0.3 is 6.18 Å². The van der Waals surface area contributed by atoms with Crippen LogP contribution in [0.1, 0.15) is 25.3 Å². The van der Waals surface area contributed by atoms with Crippen molar-refractivity contribution in [3.63, 3.8) is 0 Å². The normalized spacial score (nSPS) is 13.1. The second-order valence-electron chi connectivity index (χ2n) is 4.25. The summed E-state index contributed by atoms with van der Waals surface area (Å²) >= 11 is 0. The SMILES string of the molecule is CCC(CCN)C(=O)Nc1cccc(C(F)(F)F)c1. The number of nitrogens with two attached hydrogens (primary N) is 1. The Labute approximate surface area is 110 Å². The van der Waals surface area contributed by atoms with Crippen LogP contribution in [0.5, 0.6) is 0 Å². The first-order valence-electron chi connectivity index (χ1n) is 6.06.